The minimum Gasteiger partial charge on any atom is -0.463 e. The molecule has 218 valence electrons. The van der Waals surface area contributed by atoms with Gasteiger partial charge >= 0.3 is 17.9 Å². The third-order valence-corrected chi connectivity index (χ3v) is 5.18. The van der Waals surface area contributed by atoms with E-state index in [1.165, 1.54) is 0 Å². The van der Waals surface area contributed by atoms with Crippen molar-refractivity contribution in [3.05, 3.63) is 12.7 Å². The van der Waals surface area contributed by atoms with Crippen LogP contribution in [0.5, 0.6) is 0 Å². The molecule has 15 nitrogen and oxygen atoms in total. The molecule has 1 heterocycles. The van der Waals surface area contributed by atoms with Crippen molar-refractivity contribution in [3.63, 3.8) is 0 Å². The van der Waals surface area contributed by atoms with E-state index in [9.17, 15) is 33.6 Å². The van der Waals surface area contributed by atoms with Crippen molar-refractivity contribution < 1.29 is 52.5 Å². The Morgan fingerprint density at radius 1 is 0.923 bits per heavy atom. The van der Waals surface area contributed by atoms with Crippen molar-refractivity contribution in [1.82, 2.24) is 21.3 Å². The van der Waals surface area contributed by atoms with E-state index < -0.39 is 91.2 Å². The number of hydrogen-bond donors (Lipinski definition) is 4. The van der Waals surface area contributed by atoms with E-state index in [0.717, 1.165) is 33.8 Å². The molecule has 4 N–H and O–H groups in total. The van der Waals surface area contributed by atoms with Crippen LogP contribution in [0.3, 0.4) is 0 Å². The number of ether oxygens (including phenoxy) is 4. The highest BCUT2D eigenvalue weighted by Gasteiger charge is 2.51. The molecule has 1 fully saturated rings. The number of esters is 3. The Balaban J connectivity index is 3.33. The molecule has 1 aliphatic heterocycles. The van der Waals surface area contributed by atoms with E-state index in [0.29, 0.717) is 13.0 Å². The normalized spacial score (nSPS) is 22.7. The highest BCUT2D eigenvalue weighted by atomic mass is 16.6. The standard InChI is InChI=1S/C24H36N4O11/c1-7-9-25-23(35)16(27-18(33)8-2)10-19(34)28-24-20(26-12(3)29)22(38-15(6)32)21(37-14(5)31)17(39-24)11-36-13(4)30/h8,16-17,20-22,24H,2,7,9-11H2,1,3-6H3,(H,25,35)(H,26,29)(H,27,33)(H,28,34)/t16-,17+,20+,21+,22+,24+/m0/s1. The van der Waals surface area contributed by atoms with Crippen LogP contribution in [-0.2, 0) is 52.5 Å². The predicted octanol–water partition coefficient (Wildman–Crippen LogP) is -1.65. The number of hydrogen-bond acceptors (Lipinski definition) is 11. The Hall–Kier alpha value is -4.01. The maximum absolute atomic E-state index is 13.0. The summed E-state index contributed by atoms with van der Waals surface area (Å²) in [6.07, 6.45) is -4.35. The Morgan fingerprint density at radius 3 is 2.05 bits per heavy atom. The first-order valence-electron chi connectivity index (χ1n) is 12.2. The molecule has 0 aromatic heterocycles. The van der Waals surface area contributed by atoms with Gasteiger partial charge in [-0.2, -0.15) is 0 Å². The number of amides is 4. The molecule has 39 heavy (non-hydrogen) atoms. The molecule has 0 bridgehead atoms. The molecule has 0 aromatic rings. The van der Waals surface area contributed by atoms with Gasteiger partial charge in [-0.25, -0.2) is 0 Å². The largest absolute Gasteiger partial charge is 0.463 e. The van der Waals surface area contributed by atoms with Gasteiger partial charge < -0.3 is 40.2 Å². The Labute approximate surface area is 225 Å². The predicted molar refractivity (Wildman–Crippen MR) is 132 cm³/mol. The van der Waals surface area contributed by atoms with Gasteiger partial charge in [0.2, 0.25) is 23.6 Å². The highest BCUT2D eigenvalue weighted by molar-refractivity contribution is 5.95. The summed E-state index contributed by atoms with van der Waals surface area (Å²) in [5, 5.41) is 9.96. The fraction of sp³-hybridized carbons (Fsp3) is 0.625. The van der Waals surface area contributed by atoms with Crippen molar-refractivity contribution in [1.29, 1.82) is 0 Å². The number of carbonyl (C=O) groups is 7. The van der Waals surface area contributed by atoms with Crippen LogP contribution in [0, 0.1) is 0 Å². The first kappa shape index (κ1) is 33.0. The Bertz CT molecular complexity index is 954. The highest BCUT2D eigenvalue weighted by Crippen LogP contribution is 2.26. The van der Waals surface area contributed by atoms with Crippen molar-refractivity contribution in [2.75, 3.05) is 13.2 Å². The molecule has 6 atom stereocenters. The van der Waals surface area contributed by atoms with Crippen LogP contribution < -0.4 is 21.3 Å². The fourth-order valence-electron chi connectivity index (χ4n) is 3.67. The van der Waals surface area contributed by atoms with E-state index >= 15 is 0 Å². The summed E-state index contributed by atoms with van der Waals surface area (Å²) in [5.41, 5.74) is 0. The van der Waals surface area contributed by atoms with Crippen molar-refractivity contribution in [3.8, 4) is 0 Å². The topological polar surface area (TPSA) is 205 Å². The van der Waals surface area contributed by atoms with Gasteiger partial charge in [-0.15, -0.1) is 0 Å². The van der Waals surface area contributed by atoms with Crippen LogP contribution >= 0.6 is 0 Å². The lowest BCUT2D eigenvalue weighted by atomic mass is 9.94. The molecular weight excluding hydrogens is 520 g/mol. The van der Waals surface area contributed by atoms with Gasteiger partial charge in [0.25, 0.3) is 0 Å². The smallest absolute Gasteiger partial charge is 0.303 e. The van der Waals surface area contributed by atoms with E-state index in [-0.39, 0.29) is 0 Å². The van der Waals surface area contributed by atoms with Crippen LogP contribution in [-0.4, -0.2) is 91.3 Å². The van der Waals surface area contributed by atoms with Gasteiger partial charge in [-0.1, -0.05) is 13.5 Å². The van der Waals surface area contributed by atoms with E-state index in [4.69, 9.17) is 18.9 Å². The first-order chi connectivity index (χ1) is 18.3. The Morgan fingerprint density at radius 2 is 1.54 bits per heavy atom. The van der Waals surface area contributed by atoms with Crippen molar-refractivity contribution in [2.24, 2.45) is 0 Å². The van der Waals surface area contributed by atoms with Gasteiger partial charge in [0.15, 0.2) is 18.4 Å². The molecule has 0 saturated carbocycles. The van der Waals surface area contributed by atoms with Crippen LogP contribution in [0.15, 0.2) is 12.7 Å². The van der Waals surface area contributed by atoms with Gasteiger partial charge in [0, 0.05) is 34.2 Å². The SMILES string of the molecule is C=CC(=O)N[C@@H](CC(=O)N[C@@H]1O[C@H](COC(C)=O)[C@@H](OC(C)=O)[C@H](OC(C)=O)[C@H]1NC(C)=O)C(=O)NCCC. The molecule has 0 spiro atoms. The third kappa shape index (κ3) is 11.5. The van der Waals surface area contributed by atoms with Crippen LogP contribution in [0.2, 0.25) is 0 Å². The summed E-state index contributed by atoms with van der Waals surface area (Å²) >= 11 is 0. The van der Waals surface area contributed by atoms with Crippen molar-refractivity contribution >= 4 is 41.5 Å². The van der Waals surface area contributed by atoms with E-state index in [2.05, 4.69) is 27.8 Å². The van der Waals surface area contributed by atoms with Gasteiger partial charge in [0.1, 0.15) is 24.8 Å². The van der Waals surface area contributed by atoms with Gasteiger partial charge in [-0.05, 0) is 12.5 Å². The number of rotatable bonds is 13. The monoisotopic (exact) mass is 556 g/mol. The number of nitrogens with one attached hydrogen (secondary N) is 4. The van der Waals surface area contributed by atoms with Gasteiger partial charge in [-0.3, -0.25) is 33.6 Å². The average molecular weight is 557 g/mol. The summed E-state index contributed by atoms with van der Waals surface area (Å²) in [7, 11) is 0. The van der Waals surface area contributed by atoms with Crippen LogP contribution in [0.1, 0.15) is 47.5 Å². The lowest BCUT2D eigenvalue weighted by Crippen LogP contribution is -2.69. The second kappa shape index (κ2) is 16.1. The van der Waals surface area contributed by atoms with Crippen LogP contribution in [0.25, 0.3) is 0 Å². The summed E-state index contributed by atoms with van der Waals surface area (Å²) in [6.45, 7) is 9.46. The molecule has 1 saturated heterocycles. The molecule has 0 aliphatic carbocycles. The molecule has 1 rings (SSSR count). The summed E-state index contributed by atoms with van der Waals surface area (Å²) < 4.78 is 21.5. The summed E-state index contributed by atoms with van der Waals surface area (Å²) in [4.78, 5) is 84.6. The zero-order chi connectivity index (χ0) is 29.7. The molecule has 0 radical (unpaired) electrons. The number of carbonyl (C=O) groups excluding carboxylic acids is 7. The molecule has 0 aromatic carbocycles. The molecular formula is C24H36N4O11. The fourth-order valence-corrected chi connectivity index (χ4v) is 3.67. The maximum atomic E-state index is 13.0. The zero-order valence-electron chi connectivity index (χ0n) is 22.6. The van der Waals surface area contributed by atoms with Gasteiger partial charge in [0.05, 0.1) is 6.42 Å². The first-order valence-corrected chi connectivity index (χ1v) is 12.2. The lowest BCUT2D eigenvalue weighted by molar-refractivity contribution is -0.228. The third-order valence-electron chi connectivity index (χ3n) is 5.18. The summed E-state index contributed by atoms with van der Waals surface area (Å²) in [5.74, 6) is -4.98. The lowest BCUT2D eigenvalue weighted by Gasteiger charge is -2.45. The quantitative estimate of drug-likeness (QED) is 0.115. The van der Waals surface area contributed by atoms with Crippen LogP contribution in [0.4, 0.5) is 0 Å². The Kier molecular flexibility index (Phi) is 13.6. The second-order valence-electron chi connectivity index (χ2n) is 8.60. The van der Waals surface area contributed by atoms with E-state index in [1.54, 1.807) is 0 Å². The zero-order valence-corrected chi connectivity index (χ0v) is 22.6. The van der Waals surface area contributed by atoms with Crippen molar-refractivity contribution in [2.45, 2.75) is 84.1 Å². The minimum atomic E-state index is -1.41. The molecule has 1 aliphatic rings. The molecule has 4 amide bonds. The maximum Gasteiger partial charge on any atom is 0.303 e. The average Bonchev–Trinajstić information content (AvgIpc) is 2.83. The second-order valence-corrected chi connectivity index (χ2v) is 8.60. The minimum absolute atomic E-state index is 0.302. The molecule has 0 unspecified atom stereocenters. The molecule has 15 heteroatoms. The van der Waals surface area contributed by atoms with E-state index in [1.807, 2.05) is 6.92 Å². The summed E-state index contributed by atoms with van der Waals surface area (Å²) in [6, 6.07) is -2.55.